The molecule has 0 saturated carbocycles. The Morgan fingerprint density at radius 3 is 2.78 bits per heavy atom. The Morgan fingerprint density at radius 1 is 1.39 bits per heavy atom. The van der Waals surface area contributed by atoms with Gasteiger partial charge in [0, 0.05) is 16.5 Å². The van der Waals surface area contributed by atoms with E-state index < -0.39 is 6.10 Å². The van der Waals surface area contributed by atoms with Crippen LogP contribution in [0, 0.1) is 5.41 Å². The Kier molecular flexibility index (Phi) is 3.74. The maximum absolute atomic E-state index is 11.9. The highest BCUT2D eigenvalue weighted by molar-refractivity contribution is 9.10. The molecular formula is C15H17BrO2. The number of carbonyl (C=O) groups is 1. The molecule has 1 aliphatic rings. The highest BCUT2D eigenvalue weighted by atomic mass is 79.9. The van der Waals surface area contributed by atoms with Crippen LogP contribution in [0.15, 0.2) is 40.4 Å². The summed E-state index contributed by atoms with van der Waals surface area (Å²) < 4.78 is 0.905. The third-order valence-electron chi connectivity index (χ3n) is 3.32. The van der Waals surface area contributed by atoms with Crippen molar-refractivity contribution in [2.45, 2.75) is 32.8 Å². The third-order valence-corrected chi connectivity index (χ3v) is 3.82. The number of aliphatic hydroxyl groups excluding tert-OH is 1. The zero-order chi connectivity index (χ0) is 13.3. The van der Waals surface area contributed by atoms with Crippen molar-refractivity contribution in [1.82, 2.24) is 0 Å². The number of ketones is 1. The number of rotatable bonds is 2. The molecule has 0 saturated heterocycles. The van der Waals surface area contributed by atoms with Crippen LogP contribution in [-0.4, -0.2) is 10.9 Å². The molecule has 0 aromatic heterocycles. The molecule has 2 rings (SSSR count). The SMILES string of the molecule is CC1(C)C=C(C(O)c2cccc(Br)c2)C(=O)CC1. The van der Waals surface area contributed by atoms with Gasteiger partial charge in [-0.1, -0.05) is 48.0 Å². The second-order valence-corrected chi connectivity index (χ2v) is 6.38. The average Bonchev–Trinajstić information content (AvgIpc) is 2.31. The monoisotopic (exact) mass is 308 g/mol. The predicted molar refractivity (Wildman–Crippen MR) is 75.2 cm³/mol. The van der Waals surface area contributed by atoms with Crippen molar-refractivity contribution in [2.24, 2.45) is 5.41 Å². The Bertz CT molecular complexity index is 503. The van der Waals surface area contributed by atoms with Gasteiger partial charge in [0.15, 0.2) is 5.78 Å². The van der Waals surface area contributed by atoms with Crippen molar-refractivity contribution in [1.29, 1.82) is 0 Å². The molecule has 0 bridgehead atoms. The fourth-order valence-corrected chi connectivity index (χ4v) is 2.66. The van der Waals surface area contributed by atoms with E-state index >= 15 is 0 Å². The van der Waals surface area contributed by atoms with Crippen molar-refractivity contribution in [3.63, 3.8) is 0 Å². The van der Waals surface area contributed by atoms with E-state index in [1.54, 1.807) is 0 Å². The van der Waals surface area contributed by atoms with Crippen LogP contribution in [0.25, 0.3) is 0 Å². The zero-order valence-electron chi connectivity index (χ0n) is 10.6. The van der Waals surface area contributed by atoms with Gasteiger partial charge < -0.3 is 5.11 Å². The fourth-order valence-electron chi connectivity index (χ4n) is 2.24. The van der Waals surface area contributed by atoms with E-state index in [0.29, 0.717) is 12.0 Å². The van der Waals surface area contributed by atoms with E-state index in [1.165, 1.54) is 0 Å². The summed E-state index contributed by atoms with van der Waals surface area (Å²) in [4.78, 5) is 11.9. The maximum Gasteiger partial charge on any atom is 0.161 e. The molecule has 0 aliphatic heterocycles. The lowest BCUT2D eigenvalue weighted by Crippen LogP contribution is -2.23. The van der Waals surface area contributed by atoms with Gasteiger partial charge in [0.05, 0.1) is 0 Å². The maximum atomic E-state index is 11.9. The molecule has 96 valence electrons. The number of Topliss-reactive ketones (excluding diaryl/α,β-unsaturated/α-hetero) is 1. The number of carbonyl (C=O) groups excluding carboxylic acids is 1. The van der Waals surface area contributed by atoms with Gasteiger partial charge in [-0.05, 0) is 29.5 Å². The molecular weight excluding hydrogens is 292 g/mol. The van der Waals surface area contributed by atoms with E-state index in [1.807, 2.05) is 30.3 Å². The van der Waals surface area contributed by atoms with Gasteiger partial charge in [-0.3, -0.25) is 4.79 Å². The molecule has 2 nitrogen and oxygen atoms in total. The van der Waals surface area contributed by atoms with Crippen LogP contribution in [0.4, 0.5) is 0 Å². The summed E-state index contributed by atoms with van der Waals surface area (Å²) in [6, 6.07) is 7.45. The average molecular weight is 309 g/mol. The van der Waals surface area contributed by atoms with Crippen LogP contribution >= 0.6 is 15.9 Å². The second-order valence-electron chi connectivity index (χ2n) is 5.47. The van der Waals surface area contributed by atoms with Crippen molar-refractivity contribution in [3.05, 3.63) is 46.0 Å². The number of allylic oxidation sites excluding steroid dienone is 1. The van der Waals surface area contributed by atoms with Gasteiger partial charge in [-0.25, -0.2) is 0 Å². The third kappa shape index (κ3) is 2.90. The minimum atomic E-state index is -0.824. The van der Waals surface area contributed by atoms with Gasteiger partial charge in [-0.2, -0.15) is 0 Å². The van der Waals surface area contributed by atoms with Crippen LogP contribution in [0.2, 0.25) is 0 Å². The topological polar surface area (TPSA) is 37.3 Å². The lowest BCUT2D eigenvalue weighted by atomic mass is 9.77. The number of halogens is 1. The van der Waals surface area contributed by atoms with Crippen molar-refractivity contribution >= 4 is 21.7 Å². The van der Waals surface area contributed by atoms with Crippen LogP contribution in [0.5, 0.6) is 0 Å². The van der Waals surface area contributed by atoms with Crippen molar-refractivity contribution in [3.8, 4) is 0 Å². The van der Waals surface area contributed by atoms with E-state index in [4.69, 9.17) is 0 Å². The van der Waals surface area contributed by atoms with Crippen LogP contribution in [-0.2, 0) is 4.79 Å². The molecule has 18 heavy (non-hydrogen) atoms. The van der Waals surface area contributed by atoms with Gasteiger partial charge in [0.2, 0.25) is 0 Å². The fraction of sp³-hybridized carbons (Fsp3) is 0.400. The van der Waals surface area contributed by atoms with E-state index in [9.17, 15) is 9.90 Å². The van der Waals surface area contributed by atoms with Gasteiger partial charge in [0.25, 0.3) is 0 Å². The molecule has 1 unspecified atom stereocenters. The molecule has 0 amide bonds. The summed E-state index contributed by atoms with van der Waals surface area (Å²) in [6.45, 7) is 4.18. The second kappa shape index (κ2) is 4.98. The first-order valence-corrected chi connectivity index (χ1v) is 6.88. The van der Waals surface area contributed by atoms with Crippen LogP contribution < -0.4 is 0 Å². The summed E-state index contributed by atoms with van der Waals surface area (Å²) in [6.07, 6.45) is 2.46. The first-order chi connectivity index (χ1) is 8.39. The number of aliphatic hydroxyl groups is 1. The van der Waals surface area contributed by atoms with Crippen molar-refractivity contribution < 1.29 is 9.90 Å². The van der Waals surface area contributed by atoms with Gasteiger partial charge in [0.1, 0.15) is 6.10 Å². The van der Waals surface area contributed by atoms with Crippen LogP contribution in [0.1, 0.15) is 38.4 Å². The molecule has 1 N–H and O–H groups in total. The molecule has 0 spiro atoms. The first kappa shape index (κ1) is 13.5. The minimum Gasteiger partial charge on any atom is -0.384 e. The number of benzene rings is 1. The zero-order valence-corrected chi connectivity index (χ0v) is 12.2. The Morgan fingerprint density at radius 2 is 2.11 bits per heavy atom. The summed E-state index contributed by atoms with van der Waals surface area (Å²) in [5.41, 5.74) is 1.27. The molecule has 1 aromatic rings. The largest absolute Gasteiger partial charge is 0.384 e. The quantitative estimate of drug-likeness (QED) is 0.902. The van der Waals surface area contributed by atoms with E-state index in [2.05, 4.69) is 29.8 Å². The summed E-state index contributed by atoms with van der Waals surface area (Å²) in [5, 5.41) is 10.4. The lowest BCUT2D eigenvalue weighted by molar-refractivity contribution is -0.117. The smallest absolute Gasteiger partial charge is 0.161 e. The summed E-state index contributed by atoms with van der Waals surface area (Å²) in [5.74, 6) is 0.0572. The molecule has 0 fully saturated rings. The lowest BCUT2D eigenvalue weighted by Gasteiger charge is -2.28. The van der Waals surface area contributed by atoms with E-state index in [0.717, 1.165) is 16.5 Å². The predicted octanol–water partition coefficient (Wildman–Crippen LogP) is 3.80. The first-order valence-electron chi connectivity index (χ1n) is 6.08. The van der Waals surface area contributed by atoms with Crippen LogP contribution in [0.3, 0.4) is 0 Å². The number of hydrogen-bond donors (Lipinski definition) is 1. The Hall–Kier alpha value is -0.930. The standard InChI is InChI=1S/C15H17BrO2/c1-15(2)7-6-13(17)12(9-15)14(18)10-4-3-5-11(16)8-10/h3-5,8-9,14,18H,6-7H2,1-2H3. The highest BCUT2D eigenvalue weighted by Crippen LogP contribution is 2.36. The van der Waals surface area contributed by atoms with E-state index in [-0.39, 0.29) is 11.2 Å². The normalized spacial score (nSPS) is 20.4. The molecule has 1 aromatic carbocycles. The summed E-state index contributed by atoms with van der Waals surface area (Å²) >= 11 is 3.38. The molecule has 0 radical (unpaired) electrons. The molecule has 1 atom stereocenters. The number of hydrogen-bond acceptors (Lipinski definition) is 2. The minimum absolute atomic E-state index is 0.0176. The Balaban J connectivity index is 2.36. The molecule has 3 heteroatoms. The van der Waals surface area contributed by atoms with Crippen molar-refractivity contribution in [2.75, 3.05) is 0 Å². The molecule has 0 heterocycles. The Labute approximate surface area is 116 Å². The van der Waals surface area contributed by atoms with Gasteiger partial charge in [-0.15, -0.1) is 0 Å². The highest BCUT2D eigenvalue weighted by Gasteiger charge is 2.30. The summed E-state index contributed by atoms with van der Waals surface area (Å²) in [7, 11) is 0. The molecule has 1 aliphatic carbocycles. The van der Waals surface area contributed by atoms with Gasteiger partial charge >= 0.3 is 0 Å².